The number of nitrogens with two attached hydrogens (primary N) is 1. The van der Waals surface area contributed by atoms with Crippen molar-refractivity contribution in [2.75, 3.05) is 43.9 Å². The Labute approximate surface area is 136 Å². The van der Waals surface area contributed by atoms with E-state index in [2.05, 4.69) is 20.2 Å². The van der Waals surface area contributed by atoms with Crippen molar-refractivity contribution in [2.45, 2.75) is 25.7 Å². The van der Waals surface area contributed by atoms with Gasteiger partial charge in [0.2, 0.25) is 5.95 Å². The van der Waals surface area contributed by atoms with Crippen molar-refractivity contribution in [3.05, 3.63) is 11.8 Å². The van der Waals surface area contributed by atoms with Crippen LogP contribution in [-0.2, 0) is 4.74 Å². The molecule has 0 aromatic carbocycles. The number of aromatic nitrogens is 2. The van der Waals surface area contributed by atoms with E-state index in [0.717, 1.165) is 50.9 Å². The standard InChI is InChI=1S/C16H25N5O2/c1-23-15(22)13-10-14(17)20-16(19-13)21-8-4-12(5-9-21)11-2-6-18-7-3-11/h10-12,18H,2-9H2,1H3,(H2,17,19,20). The first kappa shape index (κ1) is 16.0. The lowest BCUT2D eigenvalue weighted by Crippen LogP contribution is -2.40. The molecule has 3 N–H and O–H groups in total. The summed E-state index contributed by atoms with van der Waals surface area (Å²) in [4.78, 5) is 22.4. The van der Waals surface area contributed by atoms with Crippen molar-refractivity contribution in [2.24, 2.45) is 11.8 Å². The Bertz CT molecular complexity index is 551. The highest BCUT2D eigenvalue weighted by Crippen LogP contribution is 2.31. The normalized spacial score (nSPS) is 20.5. The molecule has 0 spiro atoms. The van der Waals surface area contributed by atoms with E-state index in [1.807, 2.05) is 0 Å². The number of anilines is 2. The summed E-state index contributed by atoms with van der Waals surface area (Å²) in [7, 11) is 1.34. The molecule has 2 aliphatic rings. The van der Waals surface area contributed by atoms with E-state index in [4.69, 9.17) is 10.5 Å². The first-order valence-corrected chi connectivity index (χ1v) is 8.36. The van der Waals surface area contributed by atoms with E-state index in [1.165, 1.54) is 26.0 Å². The van der Waals surface area contributed by atoms with E-state index >= 15 is 0 Å². The van der Waals surface area contributed by atoms with Crippen LogP contribution in [0.2, 0.25) is 0 Å². The van der Waals surface area contributed by atoms with Crippen molar-refractivity contribution in [1.29, 1.82) is 0 Å². The van der Waals surface area contributed by atoms with Gasteiger partial charge < -0.3 is 20.7 Å². The third kappa shape index (κ3) is 3.72. The molecule has 3 heterocycles. The molecule has 1 aromatic heterocycles. The molecule has 126 valence electrons. The molecular weight excluding hydrogens is 294 g/mol. The van der Waals surface area contributed by atoms with Gasteiger partial charge in [-0.1, -0.05) is 0 Å². The number of rotatable bonds is 3. The van der Waals surface area contributed by atoms with Gasteiger partial charge in [-0.3, -0.25) is 0 Å². The third-order valence-electron chi connectivity index (χ3n) is 5.00. The molecule has 1 aromatic rings. The molecule has 2 saturated heterocycles. The van der Waals surface area contributed by atoms with Gasteiger partial charge in [-0.15, -0.1) is 0 Å². The number of hydrogen-bond acceptors (Lipinski definition) is 7. The van der Waals surface area contributed by atoms with E-state index < -0.39 is 5.97 Å². The molecule has 7 nitrogen and oxygen atoms in total. The van der Waals surface area contributed by atoms with Gasteiger partial charge in [0.15, 0.2) is 5.69 Å². The highest BCUT2D eigenvalue weighted by atomic mass is 16.5. The lowest BCUT2D eigenvalue weighted by atomic mass is 9.79. The monoisotopic (exact) mass is 319 g/mol. The van der Waals surface area contributed by atoms with Crippen LogP contribution in [0.3, 0.4) is 0 Å². The third-order valence-corrected chi connectivity index (χ3v) is 5.00. The molecule has 2 fully saturated rings. The first-order valence-electron chi connectivity index (χ1n) is 8.36. The second kappa shape index (κ2) is 7.12. The average Bonchev–Trinajstić information content (AvgIpc) is 2.61. The molecule has 0 aliphatic carbocycles. The van der Waals surface area contributed by atoms with Gasteiger partial charge in [-0.2, -0.15) is 4.98 Å². The van der Waals surface area contributed by atoms with Crippen LogP contribution < -0.4 is 16.0 Å². The second-order valence-electron chi connectivity index (χ2n) is 6.38. The molecule has 0 unspecified atom stereocenters. The van der Waals surface area contributed by atoms with E-state index in [-0.39, 0.29) is 5.69 Å². The number of ether oxygens (including phenoxy) is 1. The van der Waals surface area contributed by atoms with Gasteiger partial charge in [0, 0.05) is 19.2 Å². The number of nitrogens with one attached hydrogen (secondary N) is 1. The van der Waals surface area contributed by atoms with E-state index in [0.29, 0.717) is 11.8 Å². The van der Waals surface area contributed by atoms with Crippen LogP contribution in [-0.4, -0.2) is 49.2 Å². The fourth-order valence-corrected chi connectivity index (χ4v) is 3.69. The minimum absolute atomic E-state index is 0.218. The summed E-state index contributed by atoms with van der Waals surface area (Å²) in [5.41, 5.74) is 6.03. The van der Waals surface area contributed by atoms with Crippen LogP contribution in [0.5, 0.6) is 0 Å². The van der Waals surface area contributed by atoms with Crippen molar-refractivity contribution >= 4 is 17.7 Å². The van der Waals surface area contributed by atoms with Crippen molar-refractivity contribution in [3.8, 4) is 0 Å². The fourth-order valence-electron chi connectivity index (χ4n) is 3.69. The Morgan fingerprint density at radius 3 is 2.52 bits per heavy atom. The quantitative estimate of drug-likeness (QED) is 0.805. The van der Waals surface area contributed by atoms with E-state index in [9.17, 15) is 4.79 Å². The highest BCUT2D eigenvalue weighted by molar-refractivity contribution is 5.88. The average molecular weight is 319 g/mol. The Morgan fingerprint density at radius 2 is 1.87 bits per heavy atom. The fraction of sp³-hybridized carbons (Fsp3) is 0.688. The van der Waals surface area contributed by atoms with Gasteiger partial charge in [-0.25, -0.2) is 9.78 Å². The molecule has 7 heteroatoms. The van der Waals surface area contributed by atoms with Crippen molar-refractivity contribution in [1.82, 2.24) is 15.3 Å². The van der Waals surface area contributed by atoms with Crippen LogP contribution in [0.15, 0.2) is 6.07 Å². The Morgan fingerprint density at radius 1 is 1.22 bits per heavy atom. The maximum atomic E-state index is 11.7. The molecule has 23 heavy (non-hydrogen) atoms. The second-order valence-corrected chi connectivity index (χ2v) is 6.38. The Balaban J connectivity index is 1.65. The SMILES string of the molecule is COC(=O)c1cc(N)nc(N2CCC(C3CCNCC3)CC2)n1. The maximum Gasteiger partial charge on any atom is 0.356 e. The summed E-state index contributed by atoms with van der Waals surface area (Å²) >= 11 is 0. The number of nitrogen functional groups attached to an aromatic ring is 1. The molecule has 0 bridgehead atoms. The Kier molecular flexibility index (Phi) is 4.95. The van der Waals surface area contributed by atoms with Gasteiger partial charge in [0.25, 0.3) is 0 Å². The minimum atomic E-state index is -0.482. The van der Waals surface area contributed by atoms with Crippen LogP contribution in [0, 0.1) is 11.8 Å². The zero-order valence-electron chi connectivity index (χ0n) is 13.6. The zero-order valence-corrected chi connectivity index (χ0v) is 13.6. The van der Waals surface area contributed by atoms with E-state index in [1.54, 1.807) is 0 Å². The number of carbonyl (C=O) groups excluding carboxylic acids is 1. The summed E-state index contributed by atoms with van der Waals surface area (Å²) in [6.45, 7) is 4.12. The number of carbonyl (C=O) groups is 1. The predicted octanol–water partition coefficient (Wildman–Crippen LogP) is 1.06. The lowest BCUT2D eigenvalue weighted by molar-refractivity contribution is 0.0594. The molecule has 0 atom stereocenters. The summed E-state index contributed by atoms with van der Waals surface area (Å²) < 4.78 is 4.72. The maximum absolute atomic E-state index is 11.7. The molecule has 2 aliphatic heterocycles. The molecule has 0 radical (unpaired) electrons. The number of piperidine rings is 2. The predicted molar refractivity (Wildman–Crippen MR) is 88.3 cm³/mol. The zero-order chi connectivity index (χ0) is 16.2. The highest BCUT2D eigenvalue weighted by Gasteiger charge is 2.28. The van der Waals surface area contributed by atoms with Crippen molar-refractivity contribution < 1.29 is 9.53 Å². The summed E-state index contributed by atoms with van der Waals surface area (Å²) in [6.07, 6.45) is 4.87. The lowest BCUT2D eigenvalue weighted by Gasteiger charge is -2.37. The number of esters is 1. The topological polar surface area (TPSA) is 93.4 Å². The smallest absolute Gasteiger partial charge is 0.356 e. The summed E-state index contributed by atoms with van der Waals surface area (Å²) in [5.74, 6) is 1.98. The van der Waals surface area contributed by atoms with Crippen LogP contribution in [0.1, 0.15) is 36.2 Å². The van der Waals surface area contributed by atoms with Gasteiger partial charge in [0.05, 0.1) is 7.11 Å². The number of nitrogens with zero attached hydrogens (tertiary/aromatic N) is 3. The van der Waals surface area contributed by atoms with Crippen LogP contribution >= 0.6 is 0 Å². The first-order chi connectivity index (χ1) is 11.2. The largest absolute Gasteiger partial charge is 0.464 e. The van der Waals surface area contributed by atoms with Crippen molar-refractivity contribution in [3.63, 3.8) is 0 Å². The molecular formula is C16H25N5O2. The Hall–Kier alpha value is -1.89. The van der Waals surface area contributed by atoms with Gasteiger partial charge in [0.1, 0.15) is 5.82 Å². The number of methoxy groups -OCH3 is 1. The minimum Gasteiger partial charge on any atom is -0.464 e. The molecule has 3 rings (SSSR count). The van der Waals surface area contributed by atoms with Crippen LogP contribution in [0.4, 0.5) is 11.8 Å². The number of hydrogen-bond donors (Lipinski definition) is 2. The van der Waals surface area contributed by atoms with Crippen LogP contribution in [0.25, 0.3) is 0 Å². The van der Waals surface area contributed by atoms with Gasteiger partial charge in [-0.05, 0) is 50.6 Å². The summed E-state index contributed by atoms with van der Waals surface area (Å²) in [6, 6.07) is 1.46. The molecule has 0 saturated carbocycles. The van der Waals surface area contributed by atoms with Gasteiger partial charge >= 0.3 is 5.97 Å². The molecule has 0 amide bonds. The summed E-state index contributed by atoms with van der Waals surface area (Å²) in [5, 5.41) is 3.43.